The van der Waals surface area contributed by atoms with E-state index in [1.807, 2.05) is 43.3 Å². The summed E-state index contributed by atoms with van der Waals surface area (Å²) in [5.41, 5.74) is 0. The van der Waals surface area contributed by atoms with Gasteiger partial charge in [0.25, 0.3) is 0 Å². The minimum absolute atomic E-state index is 0. The van der Waals surface area contributed by atoms with Crippen molar-refractivity contribution in [1.29, 1.82) is 0 Å². The highest BCUT2D eigenvalue weighted by Crippen LogP contribution is 2.23. The van der Waals surface area contributed by atoms with Crippen LogP contribution in [0.1, 0.15) is 5.82 Å². The highest BCUT2D eigenvalue weighted by molar-refractivity contribution is 8.93. The highest BCUT2D eigenvalue weighted by Gasteiger charge is 2.05. The number of benzene rings is 1. The molecule has 0 unspecified atom stereocenters. The molecule has 0 amide bonds. The lowest BCUT2D eigenvalue weighted by molar-refractivity contribution is 0.437. The maximum Gasteiger partial charge on any atom is 0.223 e. The Kier molecular flexibility index (Phi) is 10.7. The summed E-state index contributed by atoms with van der Waals surface area (Å²) in [5, 5.41) is 0.949. The van der Waals surface area contributed by atoms with E-state index >= 15 is 0 Å². The van der Waals surface area contributed by atoms with Gasteiger partial charge in [0.05, 0.1) is 0 Å². The van der Waals surface area contributed by atoms with Crippen LogP contribution in [-0.4, -0.2) is 41.3 Å². The van der Waals surface area contributed by atoms with Crippen LogP contribution < -0.4 is 4.74 Å². The molecule has 122 valence electrons. The lowest BCUT2D eigenvalue weighted by Crippen LogP contribution is -2.14. The molecule has 4 nitrogen and oxygen atoms in total. The summed E-state index contributed by atoms with van der Waals surface area (Å²) < 4.78 is 5.75. The average Bonchev–Trinajstić information content (AvgIpc) is 2.38. The summed E-state index contributed by atoms with van der Waals surface area (Å²) in [6.45, 7) is 2.90. The van der Waals surface area contributed by atoms with Crippen LogP contribution in [0.25, 0.3) is 0 Å². The van der Waals surface area contributed by atoms with E-state index < -0.39 is 0 Å². The molecule has 2 aromatic rings. The van der Waals surface area contributed by atoms with Crippen molar-refractivity contribution in [3.8, 4) is 11.6 Å². The Bertz CT molecular complexity index is 556. The highest BCUT2D eigenvalue weighted by atomic mass is 79.9. The van der Waals surface area contributed by atoms with Crippen LogP contribution in [-0.2, 0) is 0 Å². The van der Waals surface area contributed by atoms with Crippen LogP contribution in [0, 0.1) is 6.92 Å². The van der Waals surface area contributed by atoms with E-state index in [0.717, 1.165) is 28.9 Å². The van der Waals surface area contributed by atoms with Gasteiger partial charge >= 0.3 is 0 Å². The quantitative estimate of drug-likeness (QED) is 0.482. The van der Waals surface area contributed by atoms with Gasteiger partial charge in [-0.15, -0.1) is 45.7 Å². The molecule has 0 saturated carbocycles. The van der Waals surface area contributed by atoms with Gasteiger partial charge in [-0.25, -0.2) is 4.98 Å². The van der Waals surface area contributed by atoms with Crippen molar-refractivity contribution < 1.29 is 4.74 Å². The third-order valence-corrected chi connectivity index (χ3v) is 3.44. The van der Waals surface area contributed by atoms with E-state index in [0.29, 0.717) is 5.88 Å². The van der Waals surface area contributed by atoms with Crippen LogP contribution >= 0.6 is 45.7 Å². The number of hydrogen-bond donors (Lipinski definition) is 0. The molecule has 7 heteroatoms. The summed E-state index contributed by atoms with van der Waals surface area (Å²) in [7, 11) is 4.13. The van der Waals surface area contributed by atoms with Crippen molar-refractivity contribution in [1.82, 2.24) is 14.9 Å². The number of aryl methyl sites for hydroxylation is 1. The van der Waals surface area contributed by atoms with Crippen LogP contribution in [0.15, 0.2) is 41.4 Å². The SMILES string of the molecule is Br.Br.Cc1nc(Oc2ccccc2)cc(SCCN(C)C)n1. The predicted molar refractivity (Wildman–Crippen MR) is 103 cm³/mol. The predicted octanol–water partition coefficient (Wildman–Crippen LogP) is 4.39. The molecule has 0 fully saturated rings. The second-order valence-electron chi connectivity index (χ2n) is 4.66. The fourth-order valence-corrected chi connectivity index (χ4v) is 2.63. The van der Waals surface area contributed by atoms with Crippen molar-refractivity contribution in [2.24, 2.45) is 0 Å². The van der Waals surface area contributed by atoms with Gasteiger partial charge in [0.15, 0.2) is 0 Å². The Labute approximate surface area is 157 Å². The van der Waals surface area contributed by atoms with Crippen LogP contribution in [0.4, 0.5) is 0 Å². The van der Waals surface area contributed by atoms with Crippen molar-refractivity contribution in [2.75, 3.05) is 26.4 Å². The first-order valence-corrected chi connectivity index (χ1v) is 7.48. The third-order valence-electron chi connectivity index (χ3n) is 2.55. The molecule has 2 rings (SSSR count). The van der Waals surface area contributed by atoms with Crippen molar-refractivity contribution in [3.05, 3.63) is 42.2 Å². The second kappa shape index (κ2) is 11.0. The molecule has 0 bridgehead atoms. The van der Waals surface area contributed by atoms with E-state index in [9.17, 15) is 0 Å². The maximum absolute atomic E-state index is 5.75. The minimum atomic E-state index is 0. The van der Waals surface area contributed by atoms with Gasteiger partial charge in [0.1, 0.15) is 16.6 Å². The molecule has 22 heavy (non-hydrogen) atoms. The van der Waals surface area contributed by atoms with Crippen LogP contribution in [0.2, 0.25) is 0 Å². The molecule has 0 radical (unpaired) electrons. The van der Waals surface area contributed by atoms with E-state index in [1.54, 1.807) is 11.8 Å². The fraction of sp³-hybridized carbons (Fsp3) is 0.333. The summed E-state index contributed by atoms with van der Waals surface area (Å²) >= 11 is 1.71. The first-order valence-electron chi connectivity index (χ1n) is 6.49. The van der Waals surface area contributed by atoms with Gasteiger partial charge in [0, 0.05) is 18.4 Å². The topological polar surface area (TPSA) is 38.2 Å². The zero-order valence-corrected chi connectivity index (χ0v) is 17.1. The molecule has 0 aliphatic carbocycles. The number of thioether (sulfide) groups is 1. The molecule has 0 spiro atoms. The standard InChI is InChI=1S/C15H19N3OS.2BrH/c1-12-16-14(19-13-7-5-4-6-8-13)11-15(17-12)20-10-9-18(2)3;;/h4-8,11H,9-10H2,1-3H3;2*1H. The largest absolute Gasteiger partial charge is 0.439 e. The van der Waals surface area contributed by atoms with E-state index in [4.69, 9.17) is 4.74 Å². The van der Waals surface area contributed by atoms with Crippen LogP contribution in [0.3, 0.4) is 0 Å². The molecular weight excluding hydrogens is 430 g/mol. The summed E-state index contributed by atoms with van der Waals surface area (Å²) in [4.78, 5) is 10.9. The molecule has 0 atom stereocenters. The van der Waals surface area contributed by atoms with E-state index in [2.05, 4.69) is 29.0 Å². The Morgan fingerprint density at radius 2 is 1.77 bits per heavy atom. The monoisotopic (exact) mass is 449 g/mol. The van der Waals surface area contributed by atoms with Crippen molar-refractivity contribution in [3.63, 3.8) is 0 Å². The van der Waals surface area contributed by atoms with Gasteiger partial charge in [-0.3, -0.25) is 0 Å². The second-order valence-corrected chi connectivity index (χ2v) is 5.77. The number of rotatable bonds is 6. The Hall–Kier alpha value is -0.630. The maximum atomic E-state index is 5.75. The van der Waals surface area contributed by atoms with Gasteiger partial charge in [0.2, 0.25) is 5.88 Å². The van der Waals surface area contributed by atoms with Gasteiger partial charge in [-0.05, 0) is 33.2 Å². The lowest BCUT2D eigenvalue weighted by atomic mass is 10.3. The van der Waals surface area contributed by atoms with Gasteiger partial charge in [-0.1, -0.05) is 18.2 Å². The zero-order valence-electron chi connectivity index (χ0n) is 12.9. The number of halogens is 2. The van der Waals surface area contributed by atoms with E-state index in [1.165, 1.54) is 0 Å². The smallest absolute Gasteiger partial charge is 0.223 e. The average molecular weight is 451 g/mol. The summed E-state index contributed by atoms with van der Waals surface area (Å²) in [6.07, 6.45) is 0. The normalized spacial score (nSPS) is 9.82. The summed E-state index contributed by atoms with van der Waals surface area (Å²) in [5.74, 6) is 3.10. The number of aromatic nitrogens is 2. The molecular formula is C15H21Br2N3OS. The third kappa shape index (κ3) is 7.58. The molecule has 0 saturated heterocycles. The summed E-state index contributed by atoms with van der Waals surface area (Å²) in [6, 6.07) is 11.6. The fourth-order valence-electron chi connectivity index (χ4n) is 1.58. The first kappa shape index (κ1) is 21.4. The molecule has 1 aromatic heterocycles. The molecule has 0 aliphatic heterocycles. The van der Waals surface area contributed by atoms with Gasteiger partial charge in [-0.2, -0.15) is 4.98 Å². The zero-order chi connectivity index (χ0) is 14.4. The number of nitrogens with zero attached hydrogens (tertiary/aromatic N) is 3. The number of para-hydroxylation sites is 1. The number of ether oxygens (including phenoxy) is 1. The molecule has 0 aliphatic rings. The Morgan fingerprint density at radius 3 is 2.41 bits per heavy atom. The Balaban J connectivity index is 0.00000220. The number of hydrogen-bond acceptors (Lipinski definition) is 5. The minimum Gasteiger partial charge on any atom is -0.439 e. The first-order chi connectivity index (χ1) is 9.63. The molecule has 0 N–H and O–H groups in total. The lowest BCUT2D eigenvalue weighted by Gasteiger charge is -2.10. The van der Waals surface area contributed by atoms with E-state index in [-0.39, 0.29) is 34.0 Å². The van der Waals surface area contributed by atoms with Crippen LogP contribution in [0.5, 0.6) is 11.6 Å². The van der Waals surface area contributed by atoms with Gasteiger partial charge < -0.3 is 9.64 Å². The molecule has 1 heterocycles. The van der Waals surface area contributed by atoms with Crippen molar-refractivity contribution in [2.45, 2.75) is 11.9 Å². The van der Waals surface area contributed by atoms with Crippen molar-refractivity contribution >= 4 is 45.7 Å². The Morgan fingerprint density at radius 1 is 1.09 bits per heavy atom. The molecule has 1 aromatic carbocycles.